The van der Waals surface area contributed by atoms with Crippen molar-refractivity contribution < 1.29 is 9.18 Å². The van der Waals surface area contributed by atoms with Gasteiger partial charge in [-0.2, -0.15) is 0 Å². The number of halogens is 1. The Labute approximate surface area is 134 Å². The Bertz CT molecular complexity index is 679. The molecule has 1 heterocycles. The van der Waals surface area contributed by atoms with Crippen LogP contribution >= 0.6 is 0 Å². The van der Waals surface area contributed by atoms with Crippen molar-refractivity contribution >= 4 is 11.7 Å². The van der Waals surface area contributed by atoms with E-state index in [1.807, 2.05) is 37.3 Å². The van der Waals surface area contributed by atoms with E-state index in [-0.39, 0.29) is 23.8 Å². The maximum atomic E-state index is 13.6. The third kappa shape index (κ3) is 3.49. The topological polar surface area (TPSA) is 65.2 Å². The molecule has 3 unspecified atom stereocenters. The number of hydrazine groups is 1. The first-order chi connectivity index (χ1) is 11.1. The molecule has 120 valence electrons. The van der Waals surface area contributed by atoms with E-state index in [9.17, 15) is 9.18 Å². The number of hydrogen-bond acceptors (Lipinski definition) is 3. The number of carbonyl (C=O) groups is 1. The maximum Gasteiger partial charge on any atom is 0.319 e. The van der Waals surface area contributed by atoms with Crippen LogP contribution in [0.5, 0.6) is 0 Å². The van der Waals surface area contributed by atoms with Crippen LogP contribution in [0.15, 0.2) is 54.6 Å². The van der Waals surface area contributed by atoms with Crippen molar-refractivity contribution in [1.82, 2.24) is 16.2 Å². The fourth-order valence-corrected chi connectivity index (χ4v) is 2.72. The highest BCUT2D eigenvalue weighted by atomic mass is 19.1. The first-order valence-electron chi connectivity index (χ1n) is 7.53. The Kier molecular flexibility index (Phi) is 4.55. The lowest BCUT2D eigenvalue weighted by atomic mass is 9.97. The van der Waals surface area contributed by atoms with E-state index in [4.69, 9.17) is 0 Å². The van der Waals surface area contributed by atoms with Crippen LogP contribution in [0.25, 0.3) is 0 Å². The summed E-state index contributed by atoms with van der Waals surface area (Å²) in [5.74, 6) is -0.460. The van der Waals surface area contributed by atoms with Gasteiger partial charge in [-0.1, -0.05) is 42.5 Å². The van der Waals surface area contributed by atoms with Gasteiger partial charge in [0.2, 0.25) is 0 Å². The summed E-state index contributed by atoms with van der Waals surface area (Å²) in [7, 11) is 0. The van der Waals surface area contributed by atoms with Crippen molar-refractivity contribution in [2.75, 3.05) is 5.32 Å². The normalized spacial score (nSPS) is 23.5. The van der Waals surface area contributed by atoms with Crippen molar-refractivity contribution in [2.24, 2.45) is 0 Å². The summed E-state index contributed by atoms with van der Waals surface area (Å²) in [5.41, 5.74) is 7.55. The second-order valence-electron chi connectivity index (χ2n) is 5.57. The minimum atomic E-state index is -0.460. The predicted molar refractivity (Wildman–Crippen MR) is 87.3 cm³/mol. The molecule has 2 aromatic rings. The zero-order valence-corrected chi connectivity index (χ0v) is 12.7. The molecule has 0 aromatic heterocycles. The molecule has 23 heavy (non-hydrogen) atoms. The molecule has 2 aromatic carbocycles. The van der Waals surface area contributed by atoms with Crippen LogP contribution in [-0.2, 0) is 0 Å². The summed E-state index contributed by atoms with van der Waals surface area (Å²) in [4.78, 5) is 12.2. The highest BCUT2D eigenvalue weighted by Crippen LogP contribution is 2.23. The Hall–Kier alpha value is -2.44. The van der Waals surface area contributed by atoms with E-state index in [2.05, 4.69) is 21.5 Å². The third-order valence-electron chi connectivity index (χ3n) is 3.94. The maximum absolute atomic E-state index is 13.6. The number of nitrogens with one attached hydrogen (secondary N) is 4. The van der Waals surface area contributed by atoms with Crippen LogP contribution in [-0.4, -0.2) is 18.1 Å². The number of hydrogen-bond donors (Lipinski definition) is 4. The van der Waals surface area contributed by atoms with Gasteiger partial charge in [-0.3, -0.25) is 5.43 Å². The minimum absolute atomic E-state index is 0.0339. The number of anilines is 1. The lowest BCUT2D eigenvalue weighted by molar-refractivity contribution is 0.246. The zero-order valence-electron chi connectivity index (χ0n) is 12.7. The van der Waals surface area contributed by atoms with Gasteiger partial charge in [0.25, 0.3) is 0 Å². The first kappa shape index (κ1) is 15.5. The van der Waals surface area contributed by atoms with E-state index >= 15 is 0 Å². The van der Waals surface area contributed by atoms with Gasteiger partial charge in [-0.15, -0.1) is 0 Å². The molecule has 3 rings (SSSR count). The smallest absolute Gasteiger partial charge is 0.319 e. The number of amides is 2. The van der Waals surface area contributed by atoms with E-state index in [1.54, 1.807) is 12.1 Å². The van der Waals surface area contributed by atoms with E-state index in [1.165, 1.54) is 12.1 Å². The molecule has 0 spiro atoms. The molecule has 6 heteroatoms. The van der Waals surface area contributed by atoms with Crippen molar-refractivity contribution in [2.45, 2.75) is 25.0 Å². The fourth-order valence-electron chi connectivity index (χ4n) is 2.72. The average Bonchev–Trinajstić information content (AvgIpc) is 2.91. The van der Waals surface area contributed by atoms with Crippen molar-refractivity contribution in [3.63, 3.8) is 0 Å². The molecule has 3 atom stereocenters. The van der Waals surface area contributed by atoms with Gasteiger partial charge in [-0.25, -0.2) is 14.6 Å². The molecule has 1 aliphatic rings. The van der Waals surface area contributed by atoms with Gasteiger partial charge in [0.05, 0.1) is 17.8 Å². The van der Waals surface area contributed by atoms with Gasteiger partial charge in [0.15, 0.2) is 0 Å². The predicted octanol–water partition coefficient (Wildman–Crippen LogP) is 2.55. The highest BCUT2D eigenvalue weighted by Gasteiger charge is 2.35. The summed E-state index contributed by atoms with van der Waals surface area (Å²) in [6, 6.07) is 15.3. The third-order valence-corrected chi connectivity index (χ3v) is 3.94. The minimum Gasteiger partial charge on any atom is -0.332 e. The van der Waals surface area contributed by atoms with Crippen LogP contribution in [0.4, 0.5) is 14.9 Å². The summed E-state index contributed by atoms with van der Waals surface area (Å²) in [5, 5.41) is 5.46. The van der Waals surface area contributed by atoms with Gasteiger partial charge >= 0.3 is 6.03 Å². The lowest BCUT2D eigenvalue weighted by Gasteiger charge is -2.23. The van der Waals surface area contributed by atoms with Crippen molar-refractivity contribution in [3.05, 3.63) is 66.0 Å². The Morgan fingerprint density at radius 1 is 1.04 bits per heavy atom. The molecule has 5 nitrogen and oxygen atoms in total. The van der Waals surface area contributed by atoms with Crippen molar-refractivity contribution in [1.29, 1.82) is 0 Å². The summed E-state index contributed by atoms with van der Waals surface area (Å²) < 4.78 is 13.6. The van der Waals surface area contributed by atoms with E-state index in [0.717, 1.165) is 5.56 Å². The number of rotatable bonds is 3. The second-order valence-corrected chi connectivity index (χ2v) is 5.57. The van der Waals surface area contributed by atoms with Gasteiger partial charge in [-0.05, 0) is 24.6 Å². The number of para-hydroxylation sites is 1. The average molecular weight is 314 g/mol. The standard InChI is InChI=1S/C17H19FN4O/c1-11-15(16(22-21-11)12-7-3-2-4-8-12)20-17(23)19-14-10-6-5-9-13(14)18/h2-11,15-16,21-22H,1H3,(H2,19,20,23). The largest absolute Gasteiger partial charge is 0.332 e. The number of carbonyl (C=O) groups excluding carboxylic acids is 1. The number of benzene rings is 2. The second kappa shape index (κ2) is 6.76. The molecule has 1 saturated heterocycles. The van der Waals surface area contributed by atoms with Crippen LogP contribution < -0.4 is 21.5 Å². The SMILES string of the molecule is CC1NNC(c2ccccc2)C1NC(=O)Nc1ccccc1F. The molecule has 0 bridgehead atoms. The summed E-state index contributed by atoms with van der Waals surface area (Å²) >= 11 is 0. The summed E-state index contributed by atoms with van der Waals surface area (Å²) in [6.45, 7) is 1.98. The van der Waals surface area contributed by atoms with Crippen LogP contribution in [0.1, 0.15) is 18.5 Å². The van der Waals surface area contributed by atoms with Crippen LogP contribution in [0.3, 0.4) is 0 Å². The van der Waals surface area contributed by atoms with Crippen molar-refractivity contribution in [3.8, 4) is 0 Å². The molecular formula is C17H19FN4O. The van der Waals surface area contributed by atoms with E-state index in [0.29, 0.717) is 0 Å². The van der Waals surface area contributed by atoms with Gasteiger partial charge < -0.3 is 10.6 Å². The van der Waals surface area contributed by atoms with Gasteiger partial charge in [0.1, 0.15) is 5.82 Å². The summed E-state index contributed by atoms with van der Waals surface area (Å²) in [6.07, 6.45) is 0. The Morgan fingerprint density at radius 2 is 1.74 bits per heavy atom. The molecular weight excluding hydrogens is 295 g/mol. The van der Waals surface area contributed by atoms with Crippen LogP contribution in [0, 0.1) is 5.82 Å². The molecule has 4 N–H and O–H groups in total. The first-order valence-corrected chi connectivity index (χ1v) is 7.53. The molecule has 0 saturated carbocycles. The lowest BCUT2D eigenvalue weighted by Crippen LogP contribution is -2.46. The Balaban J connectivity index is 1.70. The highest BCUT2D eigenvalue weighted by molar-refractivity contribution is 5.89. The van der Waals surface area contributed by atoms with Gasteiger partial charge in [0, 0.05) is 6.04 Å². The fraction of sp³-hybridized carbons (Fsp3) is 0.235. The molecule has 0 aliphatic carbocycles. The molecule has 1 aliphatic heterocycles. The molecule has 0 radical (unpaired) electrons. The monoisotopic (exact) mass is 314 g/mol. The molecule has 2 amide bonds. The quantitative estimate of drug-likeness (QED) is 0.704. The zero-order chi connectivity index (χ0) is 16.2. The number of urea groups is 1. The van der Waals surface area contributed by atoms with E-state index < -0.39 is 11.8 Å². The van der Waals surface area contributed by atoms with Crippen LogP contribution in [0.2, 0.25) is 0 Å². The molecule has 1 fully saturated rings. The Morgan fingerprint density at radius 3 is 2.48 bits per heavy atom.